The average molecular weight is 273 g/mol. The Morgan fingerprint density at radius 1 is 1.10 bits per heavy atom. The second-order valence-corrected chi connectivity index (χ2v) is 6.71. The third kappa shape index (κ3) is 5.28. The standard InChI is InChI=1S/C19H31N/c1-4-16(3)18-9-7-17(8-10-18)6-5-15(2)13-14-20-19-11-12-19/h7-10,15-16,19-20H,4-6,11-14H2,1-3H3. The van der Waals surface area contributed by atoms with Gasteiger partial charge in [0, 0.05) is 6.04 Å². The molecule has 0 aliphatic heterocycles. The largest absolute Gasteiger partial charge is 0.314 e. The Morgan fingerprint density at radius 2 is 1.80 bits per heavy atom. The first-order valence-electron chi connectivity index (χ1n) is 8.51. The molecule has 0 radical (unpaired) electrons. The fourth-order valence-electron chi connectivity index (χ4n) is 2.63. The van der Waals surface area contributed by atoms with Crippen molar-refractivity contribution in [1.82, 2.24) is 5.32 Å². The fourth-order valence-corrected chi connectivity index (χ4v) is 2.63. The van der Waals surface area contributed by atoms with Gasteiger partial charge in [0.05, 0.1) is 0 Å². The van der Waals surface area contributed by atoms with Crippen molar-refractivity contribution >= 4 is 0 Å². The van der Waals surface area contributed by atoms with Gasteiger partial charge in [-0.3, -0.25) is 0 Å². The van der Waals surface area contributed by atoms with E-state index in [1.807, 2.05) is 0 Å². The van der Waals surface area contributed by atoms with E-state index in [2.05, 4.69) is 50.4 Å². The van der Waals surface area contributed by atoms with E-state index in [1.165, 1.54) is 56.2 Å². The van der Waals surface area contributed by atoms with Gasteiger partial charge in [-0.2, -0.15) is 0 Å². The number of hydrogen-bond acceptors (Lipinski definition) is 1. The molecule has 0 aromatic heterocycles. The highest BCUT2D eigenvalue weighted by Crippen LogP contribution is 2.21. The van der Waals surface area contributed by atoms with Crippen LogP contribution < -0.4 is 5.32 Å². The maximum Gasteiger partial charge on any atom is 0.00682 e. The van der Waals surface area contributed by atoms with Crippen molar-refractivity contribution in [2.45, 2.75) is 71.3 Å². The minimum atomic E-state index is 0.691. The molecule has 1 nitrogen and oxygen atoms in total. The molecule has 2 atom stereocenters. The Balaban J connectivity index is 1.66. The van der Waals surface area contributed by atoms with Crippen LogP contribution in [0.4, 0.5) is 0 Å². The van der Waals surface area contributed by atoms with Crippen LogP contribution >= 0.6 is 0 Å². The van der Waals surface area contributed by atoms with Crippen molar-refractivity contribution in [3.8, 4) is 0 Å². The van der Waals surface area contributed by atoms with Crippen molar-refractivity contribution < 1.29 is 0 Å². The molecule has 1 aromatic carbocycles. The summed E-state index contributed by atoms with van der Waals surface area (Å²) in [4.78, 5) is 0. The predicted octanol–water partition coefficient (Wildman–Crippen LogP) is 4.91. The zero-order chi connectivity index (χ0) is 14.4. The van der Waals surface area contributed by atoms with Gasteiger partial charge >= 0.3 is 0 Å². The molecule has 0 spiro atoms. The predicted molar refractivity (Wildman–Crippen MR) is 88.3 cm³/mol. The Labute approximate surface area is 125 Å². The zero-order valence-corrected chi connectivity index (χ0v) is 13.5. The van der Waals surface area contributed by atoms with Crippen LogP contribution in [0.15, 0.2) is 24.3 Å². The molecule has 2 rings (SSSR count). The van der Waals surface area contributed by atoms with Crippen molar-refractivity contribution in [2.24, 2.45) is 5.92 Å². The second-order valence-electron chi connectivity index (χ2n) is 6.71. The zero-order valence-electron chi connectivity index (χ0n) is 13.5. The molecule has 1 fully saturated rings. The minimum absolute atomic E-state index is 0.691. The molecule has 1 aliphatic carbocycles. The topological polar surface area (TPSA) is 12.0 Å². The molecule has 112 valence electrons. The average Bonchev–Trinajstić information content (AvgIpc) is 3.29. The Kier molecular flexibility index (Phi) is 6.09. The summed E-state index contributed by atoms with van der Waals surface area (Å²) in [6.07, 6.45) is 7.89. The van der Waals surface area contributed by atoms with Crippen molar-refractivity contribution in [3.63, 3.8) is 0 Å². The molecule has 0 bridgehead atoms. The van der Waals surface area contributed by atoms with E-state index in [0.717, 1.165) is 12.0 Å². The highest BCUT2D eigenvalue weighted by molar-refractivity contribution is 5.25. The van der Waals surface area contributed by atoms with E-state index in [-0.39, 0.29) is 0 Å². The SMILES string of the molecule is CCC(C)c1ccc(CCC(C)CCNC2CC2)cc1. The Morgan fingerprint density at radius 3 is 2.40 bits per heavy atom. The van der Waals surface area contributed by atoms with Gasteiger partial charge in [0.25, 0.3) is 0 Å². The summed E-state index contributed by atoms with van der Waals surface area (Å²) in [5.74, 6) is 1.52. The number of nitrogens with one attached hydrogen (secondary N) is 1. The summed E-state index contributed by atoms with van der Waals surface area (Å²) < 4.78 is 0. The highest BCUT2D eigenvalue weighted by atomic mass is 14.9. The molecule has 0 heterocycles. The van der Waals surface area contributed by atoms with E-state index in [1.54, 1.807) is 0 Å². The Bertz CT molecular complexity index is 377. The van der Waals surface area contributed by atoms with Gasteiger partial charge in [0.15, 0.2) is 0 Å². The second kappa shape index (κ2) is 7.83. The first kappa shape index (κ1) is 15.6. The van der Waals surface area contributed by atoms with Gasteiger partial charge in [-0.05, 0) is 68.0 Å². The van der Waals surface area contributed by atoms with Gasteiger partial charge in [-0.25, -0.2) is 0 Å². The summed E-state index contributed by atoms with van der Waals surface area (Å²) in [6, 6.07) is 10.2. The van der Waals surface area contributed by atoms with E-state index in [9.17, 15) is 0 Å². The van der Waals surface area contributed by atoms with Gasteiger partial charge in [-0.15, -0.1) is 0 Å². The van der Waals surface area contributed by atoms with E-state index < -0.39 is 0 Å². The van der Waals surface area contributed by atoms with E-state index in [0.29, 0.717) is 5.92 Å². The normalized spacial score (nSPS) is 17.9. The lowest BCUT2D eigenvalue weighted by molar-refractivity contribution is 0.469. The number of rotatable bonds is 9. The molecule has 20 heavy (non-hydrogen) atoms. The summed E-state index contributed by atoms with van der Waals surface area (Å²) in [6.45, 7) is 8.17. The van der Waals surface area contributed by atoms with Crippen LogP contribution in [0.2, 0.25) is 0 Å². The van der Waals surface area contributed by atoms with Crippen molar-refractivity contribution in [2.75, 3.05) is 6.54 Å². The molecule has 0 amide bonds. The van der Waals surface area contributed by atoms with Gasteiger partial charge < -0.3 is 5.32 Å². The Hall–Kier alpha value is -0.820. The number of aryl methyl sites for hydroxylation is 1. The maximum absolute atomic E-state index is 3.61. The lowest BCUT2D eigenvalue weighted by Crippen LogP contribution is -2.19. The lowest BCUT2D eigenvalue weighted by Gasteiger charge is -2.13. The minimum Gasteiger partial charge on any atom is -0.314 e. The molecular weight excluding hydrogens is 242 g/mol. The van der Waals surface area contributed by atoms with E-state index in [4.69, 9.17) is 0 Å². The summed E-state index contributed by atoms with van der Waals surface area (Å²) >= 11 is 0. The van der Waals surface area contributed by atoms with Crippen molar-refractivity contribution in [1.29, 1.82) is 0 Å². The first-order valence-corrected chi connectivity index (χ1v) is 8.51. The monoisotopic (exact) mass is 273 g/mol. The van der Waals surface area contributed by atoms with Crippen LogP contribution in [-0.2, 0) is 6.42 Å². The fraction of sp³-hybridized carbons (Fsp3) is 0.684. The van der Waals surface area contributed by atoms with Crippen LogP contribution in [0.25, 0.3) is 0 Å². The number of benzene rings is 1. The molecule has 1 heteroatoms. The quantitative estimate of drug-likeness (QED) is 0.674. The molecule has 1 saturated carbocycles. The molecule has 0 saturated heterocycles. The molecule has 2 unspecified atom stereocenters. The van der Waals surface area contributed by atoms with Crippen LogP contribution in [0.3, 0.4) is 0 Å². The van der Waals surface area contributed by atoms with Crippen LogP contribution in [0.5, 0.6) is 0 Å². The molecule has 1 aliphatic rings. The van der Waals surface area contributed by atoms with Crippen molar-refractivity contribution in [3.05, 3.63) is 35.4 Å². The highest BCUT2D eigenvalue weighted by Gasteiger charge is 2.19. The summed E-state index contributed by atoms with van der Waals surface area (Å²) in [7, 11) is 0. The maximum atomic E-state index is 3.61. The third-order valence-electron chi connectivity index (χ3n) is 4.73. The van der Waals surface area contributed by atoms with Gasteiger partial charge in [-0.1, -0.05) is 45.0 Å². The molecule has 1 aromatic rings. The van der Waals surface area contributed by atoms with Crippen LogP contribution in [0.1, 0.15) is 69.9 Å². The van der Waals surface area contributed by atoms with Gasteiger partial charge in [0.1, 0.15) is 0 Å². The third-order valence-corrected chi connectivity index (χ3v) is 4.73. The van der Waals surface area contributed by atoms with Crippen LogP contribution in [0, 0.1) is 5.92 Å². The lowest BCUT2D eigenvalue weighted by atomic mass is 9.94. The first-order chi connectivity index (χ1) is 9.69. The molecule has 1 N–H and O–H groups in total. The number of hydrogen-bond donors (Lipinski definition) is 1. The smallest absolute Gasteiger partial charge is 0.00682 e. The summed E-state index contributed by atoms with van der Waals surface area (Å²) in [5, 5.41) is 3.61. The molecular formula is C19H31N. The van der Waals surface area contributed by atoms with E-state index >= 15 is 0 Å². The van der Waals surface area contributed by atoms with Gasteiger partial charge in [0.2, 0.25) is 0 Å². The van der Waals surface area contributed by atoms with Crippen LogP contribution in [-0.4, -0.2) is 12.6 Å². The summed E-state index contributed by atoms with van der Waals surface area (Å²) in [5.41, 5.74) is 2.98.